The van der Waals surface area contributed by atoms with E-state index in [1.807, 2.05) is 0 Å². The van der Waals surface area contributed by atoms with Gasteiger partial charge in [0.2, 0.25) is 0 Å². The Bertz CT molecular complexity index is 133. The number of carboxylic acid groups (broad SMARTS) is 2. The van der Waals surface area contributed by atoms with Crippen LogP contribution in [-0.2, 0) is 9.47 Å². The molecule has 6 nitrogen and oxygen atoms in total. The second kappa shape index (κ2) is 18.8. The molecule has 14 heavy (non-hydrogen) atoms. The largest absolute Gasteiger partial charge is 2.00 e. The van der Waals surface area contributed by atoms with Crippen molar-refractivity contribution in [2.24, 2.45) is 0 Å². The smallest absolute Gasteiger partial charge is 1.00 e. The fraction of sp³-hybridized carbons (Fsp3) is 0.667. The summed E-state index contributed by atoms with van der Waals surface area (Å²) in [6.45, 7) is 3.50. The number of hydrogen-bond acceptors (Lipinski definition) is 6. The first-order valence-electron chi connectivity index (χ1n) is 3.22. The van der Waals surface area contributed by atoms with Gasteiger partial charge in [0, 0.05) is 13.2 Å². The number of ether oxygens (including phenoxy) is 2. The van der Waals surface area contributed by atoms with Crippen LogP contribution in [0, 0.1) is 0 Å². The van der Waals surface area contributed by atoms with Crippen LogP contribution >= 0.6 is 0 Å². The third-order valence-corrected chi connectivity index (χ3v) is 0.524. The molecule has 0 fully saturated rings. The van der Waals surface area contributed by atoms with E-state index >= 15 is 0 Å². The van der Waals surface area contributed by atoms with Crippen molar-refractivity contribution in [1.82, 2.24) is 0 Å². The van der Waals surface area contributed by atoms with E-state index in [9.17, 15) is 19.8 Å². The van der Waals surface area contributed by atoms with Gasteiger partial charge in [0.15, 0.2) is 0 Å². The van der Waals surface area contributed by atoms with Crippen LogP contribution in [0.25, 0.3) is 0 Å². The summed E-state index contributed by atoms with van der Waals surface area (Å²) in [5.41, 5.74) is 0. The van der Waals surface area contributed by atoms with E-state index < -0.39 is 12.3 Å². The van der Waals surface area contributed by atoms with E-state index in [2.05, 4.69) is 9.47 Å². The summed E-state index contributed by atoms with van der Waals surface area (Å²) in [5, 5.41) is 18.5. The molecule has 0 saturated carbocycles. The van der Waals surface area contributed by atoms with Gasteiger partial charge in [-0.25, -0.2) is 0 Å². The van der Waals surface area contributed by atoms with E-state index in [0.717, 1.165) is 0 Å². The molecule has 0 aromatic rings. The van der Waals surface area contributed by atoms with E-state index in [0.29, 0.717) is 0 Å². The molecule has 0 spiro atoms. The van der Waals surface area contributed by atoms with Crippen LogP contribution in [-0.4, -0.2) is 71.6 Å². The van der Waals surface area contributed by atoms with Crippen LogP contribution in [0.1, 0.15) is 16.7 Å². The maximum Gasteiger partial charge on any atom is 2.00 e. The van der Waals surface area contributed by atoms with Gasteiger partial charge >= 0.3 is 46.1 Å². The first-order chi connectivity index (χ1) is 5.54. The monoisotopic (exact) mass is 228 g/mol. The van der Waals surface area contributed by atoms with E-state index in [4.69, 9.17) is 0 Å². The van der Waals surface area contributed by atoms with Crippen LogP contribution in [0.3, 0.4) is 0 Å². The van der Waals surface area contributed by atoms with Gasteiger partial charge in [0.1, 0.15) is 0 Å². The van der Waals surface area contributed by atoms with Crippen molar-refractivity contribution in [3.63, 3.8) is 0 Å². The first kappa shape index (κ1) is 23.7. The molecule has 0 rings (SSSR count). The zero-order valence-corrected chi connectivity index (χ0v) is 11.1. The van der Waals surface area contributed by atoms with Crippen molar-refractivity contribution in [3.05, 3.63) is 0 Å². The standard InChI is InChI=1S/2C3H6O3.2Mg.2H/c2*1-2-6-3(4)5;;;;/h2*2H2,1H3,(H,4,5);;;;/q;;2*+2;2*-1/p-2. The Morgan fingerprint density at radius 2 is 1.21 bits per heavy atom. The number of hydrogen-bond donors (Lipinski definition) is 0. The Morgan fingerprint density at radius 3 is 1.21 bits per heavy atom. The fourth-order valence-electron chi connectivity index (χ4n) is 0.236. The Hall–Kier alpha value is 0.0725. The van der Waals surface area contributed by atoms with Crippen LogP contribution in [0.4, 0.5) is 9.59 Å². The third kappa shape index (κ3) is 40.1. The Labute approximate surface area is 117 Å². The predicted octanol–water partition coefficient (Wildman–Crippen LogP) is -1.80. The third-order valence-electron chi connectivity index (χ3n) is 0.524. The number of rotatable bonds is 2. The summed E-state index contributed by atoms with van der Waals surface area (Å²) in [7, 11) is 0. The van der Waals surface area contributed by atoms with Gasteiger partial charge < -0.3 is 32.1 Å². The minimum Gasteiger partial charge on any atom is -1.00 e. The van der Waals surface area contributed by atoms with Crippen molar-refractivity contribution >= 4 is 58.4 Å². The van der Waals surface area contributed by atoms with Crippen molar-refractivity contribution in [2.45, 2.75) is 13.8 Å². The van der Waals surface area contributed by atoms with Gasteiger partial charge in [-0.2, -0.15) is 0 Å². The normalized spacial score (nSPS) is 6.43. The van der Waals surface area contributed by atoms with Gasteiger partial charge in [-0.1, -0.05) is 0 Å². The molecule has 0 aliphatic heterocycles. The SMILES string of the molecule is CCOC(=O)[O-].CCOC(=O)[O-].[H-].[H-].[Mg+2].[Mg+2]. The molecule has 0 heterocycles. The molecular formula is C6H12Mg2O6. The van der Waals surface area contributed by atoms with Crippen LogP contribution in [0.5, 0.6) is 0 Å². The Balaban J connectivity index is -0.0000000250. The van der Waals surface area contributed by atoms with Crippen molar-refractivity contribution in [3.8, 4) is 0 Å². The Kier molecular flexibility index (Phi) is 31.8. The minimum absolute atomic E-state index is 0. The van der Waals surface area contributed by atoms with Gasteiger partial charge in [-0.15, -0.1) is 0 Å². The van der Waals surface area contributed by atoms with Crippen molar-refractivity contribution in [1.29, 1.82) is 0 Å². The van der Waals surface area contributed by atoms with Crippen molar-refractivity contribution < 1.29 is 32.1 Å². The van der Waals surface area contributed by atoms with Gasteiger partial charge in [0.25, 0.3) is 12.3 Å². The fourth-order valence-corrected chi connectivity index (χ4v) is 0.236. The van der Waals surface area contributed by atoms with E-state index in [-0.39, 0.29) is 62.2 Å². The summed E-state index contributed by atoms with van der Waals surface area (Å²) < 4.78 is 7.69. The average molecular weight is 229 g/mol. The quantitative estimate of drug-likeness (QED) is 0.408. The predicted molar refractivity (Wildman–Crippen MR) is 47.8 cm³/mol. The van der Waals surface area contributed by atoms with Gasteiger partial charge in [0.05, 0.1) is 0 Å². The molecule has 8 heteroatoms. The molecular weight excluding hydrogens is 217 g/mol. The molecule has 0 aliphatic rings. The molecule has 0 unspecified atom stereocenters. The molecule has 0 N–H and O–H groups in total. The van der Waals surface area contributed by atoms with E-state index in [1.165, 1.54) is 0 Å². The van der Waals surface area contributed by atoms with Crippen LogP contribution < -0.4 is 10.2 Å². The molecule has 0 aliphatic carbocycles. The molecule has 0 saturated heterocycles. The molecule has 0 aromatic heterocycles. The molecule has 0 aromatic carbocycles. The van der Waals surface area contributed by atoms with E-state index in [1.54, 1.807) is 13.8 Å². The minimum atomic E-state index is -1.46. The molecule has 0 atom stereocenters. The average Bonchev–Trinajstić information content (AvgIpc) is 1.87. The molecule has 0 amide bonds. The van der Waals surface area contributed by atoms with Crippen LogP contribution in [0.15, 0.2) is 0 Å². The summed E-state index contributed by atoms with van der Waals surface area (Å²) in [6.07, 6.45) is -2.92. The van der Waals surface area contributed by atoms with Crippen molar-refractivity contribution in [2.75, 3.05) is 13.2 Å². The second-order valence-electron chi connectivity index (χ2n) is 1.37. The maximum absolute atomic E-state index is 9.27. The zero-order chi connectivity index (χ0) is 9.98. The maximum atomic E-state index is 9.27. The van der Waals surface area contributed by atoms with Gasteiger partial charge in [-0.05, 0) is 13.8 Å². The van der Waals surface area contributed by atoms with Gasteiger partial charge in [-0.3, -0.25) is 0 Å². The Morgan fingerprint density at radius 1 is 1.00 bits per heavy atom. The molecule has 0 radical (unpaired) electrons. The summed E-state index contributed by atoms with van der Waals surface area (Å²) >= 11 is 0. The number of carbonyl (C=O) groups excluding carboxylic acids is 2. The number of carbonyl (C=O) groups is 2. The molecule has 76 valence electrons. The summed E-state index contributed by atoms with van der Waals surface area (Å²) in [4.78, 5) is 18.5. The molecule has 0 bridgehead atoms. The zero-order valence-electron chi connectivity index (χ0n) is 10.3. The second-order valence-corrected chi connectivity index (χ2v) is 1.37. The summed E-state index contributed by atoms with van der Waals surface area (Å²) in [6, 6.07) is 0. The summed E-state index contributed by atoms with van der Waals surface area (Å²) in [5.74, 6) is 0. The first-order valence-corrected chi connectivity index (χ1v) is 3.22. The van der Waals surface area contributed by atoms with Crippen LogP contribution in [0.2, 0.25) is 0 Å². The topological polar surface area (TPSA) is 98.7 Å².